The highest BCUT2D eigenvalue weighted by molar-refractivity contribution is 7.99. The van der Waals surface area contributed by atoms with Crippen molar-refractivity contribution in [2.45, 2.75) is 16.3 Å². The van der Waals surface area contributed by atoms with Crippen LogP contribution >= 0.6 is 11.8 Å². The van der Waals surface area contributed by atoms with Crippen LogP contribution in [0, 0.1) is 0 Å². The molecule has 0 aliphatic heterocycles. The standard InChI is InChI=1S/C27H21NO6S/c1-32-17-13-11-16(12-14-17)15-28-19-8-4-3-7-18(19)24-22(26(28)30)23(29)25(27(31)34-24)35-21-10-6-5-9-20(21)33-2/h3-14,29H,15H2,1-2H3. The summed E-state index contributed by atoms with van der Waals surface area (Å²) in [4.78, 5) is 27.2. The lowest BCUT2D eigenvalue weighted by Crippen LogP contribution is -2.22. The molecule has 35 heavy (non-hydrogen) atoms. The molecule has 1 N–H and O–H groups in total. The van der Waals surface area contributed by atoms with Crippen molar-refractivity contribution in [3.63, 3.8) is 0 Å². The number of hydrogen-bond donors (Lipinski definition) is 1. The second kappa shape index (κ2) is 9.23. The van der Waals surface area contributed by atoms with E-state index in [0.717, 1.165) is 17.3 Å². The molecule has 0 spiro atoms. The zero-order chi connectivity index (χ0) is 24.5. The lowest BCUT2D eigenvalue weighted by molar-refractivity contribution is 0.404. The van der Waals surface area contributed by atoms with Crippen molar-refractivity contribution in [2.24, 2.45) is 0 Å². The number of hydrogen-bond acceptors (Lipinski definition) is 7. The molecule has 0 radical (unpaired) electrons. The van der Waals surface area contributed by atoms with Gasteiger partial charge in [-0.15, -0.1) is 0 Å². The third-order valence-electron chi connectivity index (χ3n) is 5.74. The van der Waals surface area contributed by atoms with Crippen molar-refractivity contribution < 1.29 is 19.0 Å². The molecule has 2 heterocycles. The summed E-state index contributed by atoms with van der Waals surface area (Å²) in [5.41, 5.74) is 0.330. The fourth-order valence-corrected chi connectivity index (χ4v) is 4.96. The van der Waals surface area contributed by atoms with Crippen LogP contribution in [0.1, 0.15) is 5.56 Å². The molecular formula is C27H21NO6S. The third kappa shape index (κ3) is 4.02. The van der Waals surface area contributed by atoms with Crippen LogP contribution in [0.2, 0.25) is 0 Å². The van der Waals surface area contributed by atoms with Gasteiger partial charge in [0, 0.05) is 5.39 Å². The van der Waals surface area contributed by atoms with Crippen molar-refractivity contribution in [1.29, 1.82) is 0 Å². The van der Waals surface area contributed by atoms with Crippen LogP contribution in [0.4, 0.5) is 0 Å². The van der Waals surface area contributed by atoms with Gasteiger partial charge in [0.2, 0.25) is 0 Å². The summed E-state index contributed by atoms with van der Waals surface area (Å²) >= 11 is 0.992. The lowest BCUT2D eigenvalue weighted by atomic mass is 10.1. The molecule has 8 heteroatoms. The van der Waals surface area contributed by atoms with E-state index in [4.69, 9.17) is 13.9 Å². The molecule has 3 aromatic carbocycles. The third-order valence-corrected chi connectivity index (χ3v) is 6.86. The van der Waals surface area contributed by atoms with Crippen LogP contribution in [0.25, 0.3) is 21.9 Å². The Kier molecular flexibility index (Phi) is 5.96. The minimum absolute atomic E-state index is 0.0470. The number of nitrogens with zero attached hydrogens (tertiary/aromatic N) is 1. The van der Waals surface area contributed by atoms with Gasteiger partial charge in [-0.25, -0.2) is 4.79 Å². The molecule has 176 valence electrons. The van der Waals surface area contributed by atoms with Crippen molar-refractivity contribution in [3.05, 3.63) is 99.1 Å². The summed E-state index contributed by atoms with van der Waals surface area (Å²) in [6.45, 7) is 0.257. The number of para-hydroxylation sites is 2. The predicted octanol–water partition coefficient (Wildman–Crippen LogP) is 5.03. The lowest BCUT2D eigenvalue weighted by Gasteiger charge is -2.14. The summed E-state index contributed by atoms with van der Waals surface area (Å²) in [5, 5.41) is 11.7. The molecule has 2 aromatic heterocycles. The van der Waals surface area contributed by atoms with E-state index >= 15 is 0 Å². The second-order valence-corrected chi connectivity index (χ2v) is 8.83. The zero-order valence-corrected chi connectivity index (χ0v) is 19.8. The molecule has 0 saturated carbocycles. The first-order chi connectivity index (χ1) is 17.0. The molecule has 0 saturated heterocycles. The highest BCUT2D eigenvalue weighted by Crippen LogP contribution is 2.40. The topological polar surface area (TPSA) is 90.9 Å². The fourth-order valence-electron chi connectivity index (χ4n) is 4.01. The van der Waals surface area contributed by atoms with Crippen molar-refractivity contribution >= 4 is 33.6 Å². The highest BCUT2D eigenvalue weighted by Gasteiger charge is 2.23. The number of ether oxygens (including phenoxy) is 2. The molecule has 0 atom stereocenters. The Bertz CT molecular complexity index is 1670. The first-order valence-corrected chi connectivity index (χ1v) is 11.6. The monoisotopic (exact) mass is 487 g/mol. The van der Waals surface area contributed by atoms with Gasteiger partial charge in [-0.1, -0.05) is 48.2 Å². The van der Waals surface area contributed by atoms with E-state index in [2.05, 4.69) is 0 Å². The van der Waals surface area contributed by atoms with Gasteiger partial charge in [-0.2, -0.15) is 0 Å². The minimum Gasteiger partial charge on any atom is -0.505 e. The van der Waals surface area contributed by atoms with E-state index in [-0.39, 0.29) is 22.4 Å². The number of fused-ring (bicyclic) bond motifs is 3. The number of methoxy groups -OCH3 is 2. The molecule has 0 unspecified atom stereocenters. The summed E-state index contributed by atoms with van der Waals surface area (Å²) < 4.78 is 17.8. The van der Waals surface area contributed by atoms with Gasteiger partial charge >= 0.3 is 5.63 Å². The maximum absolute atomic E-state index is 13.7. The Morgan fingerprint density at radius 1 is 0.914 bits per heavy atom. The van der Waals surface area contributed by atoms with Gasteiger partial charge in [-0.3, -0.25) is 4.79 Å². The maximum atomic E-state index is 13.7. The molecule has 0 aliphatic carbocycles. The van der Waals surface area contributed by atoms with E-state index in [0.29, 0.717) is 27.3 Å². The van der Waals surface area contributed by atoms with Crippen molar-refractivity contribution in [2.75, 3.05) is 14.2 Å². The molecule has 0 amide bonds. The summed E-state index contributed by atoms with van der Waals surface area (Å²) in [7, 11) is 3.11. The van der Waals surface area contributed by atoms with Crippen LogP contribution in [0.5, 0.6) is 17.2 Å². The van der Waals surface area contributed by atoms with Gasteiger partial charge in [0.15, 0.2) is 11.3 Å². The minimum atomic E-state index is -0.733. The quantitative estimate of drug-likeness (QED) is 0.336. The normalized spacial score (nSPS) is 11.1. The summed E-state index contributed by atoms with van der Waals surface area (Å²) in [6.07, 6.45) is 0. The molecule has 5 aromatic rings. The molecule has 7 nitrogen and oxygen atoms in total. The molecule has 0 fully saturated rings. The van der Waals surface area contributed by atoms with Gasteiger partial charge in [0.05, 0.1) is 31.2 Å². The number of rotatable bonds is 6. The Morgan fingerprint density at radius 3 is 2.37 bits per heavy atom. The maximum Gasteiger partial charge on any atom is 0.354 e. The second-order valence-electron chi connectivity index (χ2n) is 7.78. The molecular weight excluding hydrogens is 466 g/mol. The van der Waals surface area contributed by atoms with Crippen molar-refractivity contribution in [3.8, 4) is 17.2 Å². The van der Waals surface area contributed by atoms with Gasteiger partial charge < -0.3 is 23.6 Å². The first-order valence-electron chi connectivity index (χ1n) is 10.8. The smallest absolute Gasteiger partial charge is 0.354 e. The number of aromatic hydroxyl groups is 1. The molecule has 0 bridgehead atoms. The Labute approximate surface area is 204 Å². The average Bonchev–Trinajstić information content (AvgIpc) is 2.89. The van der Waals surface area contributed by atoms with Crippen LogP contribution in [0.3, 0.4) is 0 Å². The average molecular weight is 488 g/mol. The van der Waals surface area contributed by atoms with E-state index in [9.17, 15) is 14.7 Å². The number of pyridine rings is 1. The van der Waals surface area contributed by atoms with E-state index in [1.165, 1.54) is 7.11 Å². The summed E-state index contributed by atoms with van der Waals surface area (Å²) in [6, 6.07) is 21.6. The van der Waals surface area contributed by atoms with Crippen molar-refractivity contribution in [1.82, 2.24) is 4.57 Å². The van der Waals surface area contributed by atoms with E-state index in [1.54, 1.807) is 54.1 Å². The fraction of sp³-hybridized carbons (Fsp3) is 0.111. The predicted molar refractivity (Wildman–Crippen MR) is 135 cm³/mol. The molecule has 5 rings (SSSR count). The highest BCUT2D eigenvalue weighted by atomic mass is 32.2. The largest absolute Gasteiger partial charge is 0.505 e. The van der Waals surface area contributed by atoms with Gasteiger partial charge in [-0.05, 0) is 42.0 Å². The SMILES string of the molecule is COc1ccc(Cn2c(=O)c3c(O)c(Sc4ccccc4OC)c(=O)oc3c3ccccc32)cc1. The Balaban J connectivity index is 1.74. The van der Waals surface area contributed by atoms with Crippen LogP contribution < -0.4 is 20.7 Å². The summed E-state index contributed by atoms with van der Waals surface area (Å²) in [5.74, 6) is 0.833. The number of benzene rings is 3. The first kappa shape index (κ1) is 22.6. The van der Waals surface area contributed by atoms with Crippen LogP contribution in [-0.4, -0.2) is 23.9 Å². The zero-order valence-electron chi connectivity index (χ0n) is 19.0. The molecule has 0 aliphatic rings. The Morgan fingerprint density at radius 2 is 1.63 bits per heavy atom. The Hall–Kier alpha value is -4.17. The number of aromatic nitrogens is 1. The van der Waals surface area contributed by atoms with Gasteiger partial charge in [0.25, 0.3) is 5.56 Å². The van der Waals surface area contributed by atoms with Gasteiger partial charge in [0.1, 0.15) is 21.8 Å². The van der Waals surface area contributed by atoms with E-state index in [1.807, 2.05) is 30.3 Å². The van der Waals surface area contributed by atoms with E-state index < -0.39 is 16.9 Å². The van der Waals surface area contributed by atoms with Crippen LogP contribution in [0.15, 0.2) is 96.6 Å². The van der Waals surface area contributed by atoms with Crippen LogP contribution in [-0.2, 0) is 6.54 Å².